The fourth-order valence-corrected chi connectivity index (χ4v) is 2.62. The molecule has 0 atom stereocenters. The SMILES string of the molecule is COc1cc(C(=CC#N)c2cc(OC)c(OC)c(OC)c2)ccc1C. The molecular formula is C20H21NO4. The molecule has 0 aliphatic rings. The largest absolute Gasteiger partial charge is 0.496 e. The van der Waals surface area contributed by atoms with Gasteiger partial charge in [0.05, 0.1) is 34.5 Å². The lowest BCUT2D eigenvalue weighted by Crippen LogP contribution is -1.98. The van der Waals surface area contributed by atoms with Gasteiger partial charge in [-0.25, -0.2) is 0 Å². The van der Waals surface area contributed by atoms with Crippen molar-refractivity contribution >= 4 is 5.57 Å². The molecule has 25 heavy (non-hydrogen) atoms. The summed E-state index contributed by atoms with van der Waals surface area (Å²) in [5.41, 5.74) is 3.40. The highest BCUT2D eigenvalue weighted by Crippen LogP contribution is 2.41. The highest BCUT2D eigenvalue weighted by molar-refractivity contribution is 5.84. The Hall–Kier alpha value is -3.13. The van der Waals surface area contributed by atoms with Crippen molar-refractivity contribution in [3.8, 4) is 29.1 Å². The second kappa shape index (κ2) is 8.11. The zero-order chi connectivity index (χ0) is 18.4. The van der Waals surface area contributed by atoms with Crippen molar-refractivity contribution in [2.24, 2.45) is 0 Å². The number of methoxy groups -OCH3 is 4. The molecule has 130 valence electrons. The average Bonchev–Trinajstić information content (AvgIpc) is 2.65. The van der Waals surface area contributed by atoms with Crippen LogP contribution in [0.4, 0.5) is 0 Å². The zero-order valence-electron chi connectivity index (χ0n) is 15.0. The van der Waals surface area contributed by atoms with Crippen molar-refractivity contribution in [1.82, 2.24) is 0 Å². The molecule has 0 unspecified atom stereocenters. The average molecular weight is 339 g/mol. The Kier molecular flexibility index (Phi) is 5.91. The third kappa shape index (κ3) is 3.69. The van der Waals surface area contributed by atoms with Crippen molar-refractivity contribution < 1.29 is 18.9 Å². The monoisotopic (exact) mass is 339 g/mol. The van der Waals surface area contributed by atoms with Crippen LogP contribution in [-0.4, -0.2) is 28.4 Å². The molecule has 0 spiro atoms. The molecule has 2 aromatic carbocycles. The van der Waals surface area contributed by atoms with Gasteiger partial charge in [-0.1, -0.05) is 12.1 Å². The van der Waals surface area contributed by atoms with Gasteiger partial charge in [0.25, 0.3) is 0 Å². The molecule has 0 aliphatic heterocycles. The van der Waals surface area contributed by atoms with Crippen LogP contribution >= 0.6 is 0 Å². The van der Waals surface area contributed by atoms with Crippen LogP contribution < -0.4 is 18.9 Å². The highest BCUT2D eigenvalue weighted by Gasteiger charge is 2.16. The summed E-state index contributed by atoms with van der Waals surface area (Å²) >= 11 is 0. The molecule has 0 aromatic heterocycles. The first-order valence-electron chi connectivity index (χ1n) is 7.64. The predicted molar refractivity (Wildman–Crippen MR) is 96.5 cm³/mol. The Bertz CT molecular complexity index is 809. The normalized spacial score (nSPS) is 10.8. The van der Waals surface area contributed by atoms with E-state index in [9.17, 15) is 5.26 Å². The van der Waals surface area contributed by atoms with E-state index in [2.05, 4.69) is 6.07 Å². The lowest BCUT2D eigenvalue weighted by molar-refractivity contribution is 0.324. The summed E-state index contributed by atoms with van der Waals surface area (Å²) in [5, 5.41) is 9.25. The molecule has 0 saturated heterocycles. The van der Waals surface area contributed by atoms with Crippen LogP contribution in [0, 0.1) is 18.3 Å². The number of nitriles is 1. The topological polar surface area (TPSA) is 60.7 Å². The van der Waals surface area contributed by atoms with Crippen molar-refractivity contribution in [3.63, 3.8) is 0 Å². The van der Waals surface area contributed by atoms with Gasteiger partial charge in [-0.3, -0.25) is 0 Å². The van der Waals surface area contributed by atoms with E-state index in [1.807, 2.05) is 37.3 Å². The first-order valence-corrected chi connectivity index (χ1v) is 7.64. The van der Waals surface area contributed by atoms with E-state index in [1.165, 1.54) is 6.08 Å². The van der Waals surface area contributed by atoms with Crippen molar-refractivity contribution in [3.05, 3.63) is 53.1 Å². The number of nitrogens with zero attached hydrogens (tertiary/aromatic N) is 1. The lowest BCUT2D eigenvalue weighted by atomic mass is 9.95. The highest BCUT2D eigenvalue weighted by atomic mass is 16.5. The Morgan fingerprint density at radius 1 is 0.840 bits per heavy atom. The maximum Gasteiger partial charge on any atom is 0.203 e. The van der Waals surface area contributed by atoms with Crippen molar-refractivity contribution in [2.75, 3.05) is 28.4 Å². The molecule has 0 heterocycles. The quantitative estimate of drug-likeness (QED) is 0.745. The Labute approximate surface area is 148 Å². The Morgan fingerprint density at radius 3 is 1.88 bits per heavy atom. The van der Waals surface area contributed by atoms with Gasteiger partial charge in [-0.05, 0) is 47.4 Å². The minimum absolute atomic E-state index is 0.506. The summed E-state index contributed by atoms with van der Waals surface area (Å²) < 4.78 is 21.6. The van der Waals surface area contributed by atoms with Crippen LogP contribution in [0.25, 0.3) is 5.57 Å². The van der Waals surface area contributed by atoms with E-state index >= 15 is 0 Å². The fourth-order valence-electron chi connectivity index (χ4n) is 2.62. The van der Waals surface area contributed by atoms with E-state index in [4.69, 9.17) is 18.9 Å². The van der Waals surface area contributed by atoms with Gasteiger partial charge in [0, 0.05) is 6.08 Å². The van der Waals surface area contributed by atoms with Gasteiger partial charge < -0.3 is 18.9 Å². The number of hydrogen-bond acceptors (Lipinski definition) is 5. The standard InChI is InChI=1S/C20H21NO4/c1-13-6-7-14(10-17(13)22-2)16(8-9-21)15-11-18(23-3)20(25-5)19(12-15)24-4/h6-8,10-12H,1-5H3. The number of allylic oxidation sites excluding steroid dienone is 1. The van der Waals surface area contributed by atoms with Crippen LogP contribution in [0.3, 0.4) is 0 Å². The van der Waals surface area contributed by atoms with E-state index in [0.717, 1.165) is 28.0 Å². The minimum Gasteiger partial charge on any atom is -0.496 e. The first-order chi connectivity index (χ1) is 12.1. The third-order valence-electron chi connectivity index (χ3n) is 3.90. The Morgan fingerprint density at radius 2 is 1.40 bits per heavy atom. The van der Waals surface area contributed by atoms with Crippen molar-refractivity contribution in [1.29, 1.82) is 5.26 Å². The summed E-state index contributed by atoms with van der Waals surface area (Å²) in [6.45, 7) is 1.97. The molecule has 5 nitrogen and oxygen atoms in total. The number of ether oxygens (including phenoxy) is 4. The van der Waals surface area contributed by atoms with Crippen LogP contribution in [0.2, 0.25) is 0 Å². The second-order valence-corrected chi connectivity index (χ2v) is 5.29. The zero-order valence-corrected chi connectivity index (χ0v) is 15.0. The summed E-state index contributed by atoms with van der Waals surface area (Å²) in [4.78, 5) is 0. The number of hydrogen-bond donors (Lipinski definition) is 0. The van der Waals surface area contributed by atoms with Crippen molar-refractivity contribution in [2.45, 2.75) is 6.92 Å². The summed E-state index contributed by atoms with van der Waals surface area (Å²) in [6, 6.07) is 11.5. The van der Waals surface area contributed by atoms with E-state index < -0.39 is 0 Å². The smallest absolute Gasteiger partial charge is 0.203 e. The van der Waals surface area contributed by atoms with E-state index in [0.29, 0.717) is 17.2 Å². The van der Waals surface area contributed by atoms with E-state index in [-0.39, 0.29) is 0 Å². The number of benzene rings is 2. The first kappa shape index (κ1) is 18.2. The lowest BCUT2D eigenvalue weighted by Gasteiger charge is -2.16. The van der Waals surface area contributed by atoms with Crippen LogP contribution in [-0.2, 0) is 0 Å². The van der Waals surface area contributed by atoms with Crippen LogP contribution in [0.5, 0.6) is 23.0 Å². The molecule has 0 N–H and O–H groups in total. The van der Waals surface area contributed by atoms with E-state index in [1.54, 1.807) is 28.4 Å². The Balaban J connectivity index is 2.67. The molecule has 0 aliphatic carbocycles. The second-order valence-electron chi connectivity index (χ2n) is 5.29. The minimum atomic E-state index is 0.506. The summed E-state index contributed by atoms with van der Waals surface area (Å²) in [5.74, 6) is 2.32. The van der Waals surface area contributed by atoms with Gasteiger partial charge in [0.2, 0.25) is 5.75 Å². The van der Waals surface area contributed by atoms with Gasteiger partial charge in [-0.2, -0.15) is 5.26 Å². The molecular weight excluding hydrogens is 318 g/mol. The third-order valence-corrected chi connectivity index (χ3v) is 3.90. The van der Waals surface area contributed by atoms with Gasteiger partial charge >= 0.3 is 0 Å². The molecule has 0 amide bonds. The molecule has 0 saturated carbocycles. The van der Waals surface area contributed by atoms with Gasteiger partial charge in [0.1, 0.15) is 5.75 Å². The van der Waals surface area contributed by atoms with Crippen LogP contribution in [0.1, 0.15) is 16.7 Å². The number of aryl methyl sites for hydroxylation is 1. The van der Waals surface area contributed by atoms with Gasteiger partial charge in [-0.15, -0.1) is 0 Å². The maximum atomic E-state index is 9.25. The number of rotatable bonds is 6. The molecule has 2 rings (SSSR count). The fraction of sp³-hybridized carbons (Fsp3) is 0.250. The molecule has 0 bridgehead atoms. The molecule has 0 radical (unpaired) electrons. The maximum absolute atomic E-state index is 9.25. The predicted octanol–water partition coefficient (Wildman–Crippen LogP) is 3.98. The molecule has 0 fully saturated rings. The molecule has 5 heteroatoms. The summed E-state index contributed by atoms with van der Waals surface area (Å²) in [6.07, 6.45) is 1.49. The summed E-state index contributed by atoms with van der Waals surface area (Å²) in [7, 11) is 6.30. The van der Waals surface area contributed by atoms with Crippen LogP contribution in [0.15, 0.2) is 36.4 Å². The van der Waals surface area contributed by atoms with Gasteiger partial charge in [0.15, 0.2) is 11.5 Å². The molecule has 2 aromatic rings.